The second kappa shape index (κ2) is 9.88. The maximum absolute atomic E-state index is 8.74. The lowest BCUT2D eigenvalue weighted by Gasteiger charge is -2.19. The number of ether oxygens (including phenoxy) is 1. The third kappa shape index (κ3) is 17.0. The SMILES string of the molecule is C[C@H]1COCCN1.Cc1ccccc1.O=S(=O)(O)O. The molecule has 0 aromatic heterocycles. The fourth-order valence-electron chi connectivity index (χ4n) is 1.23. The van der Waals surface area contributed by atoms with E-state index in [1.165, 1.54) is 5.56 Å². The number of hydrogen-bond donors (Lipinski definition) is 3. The highest BCUT2D eigenvalue weighted by Crippen LogP contribution is 1.92. The summed E-state index contributed by atoms with van der Waals surface area (Å²) >= 11 is 0. The van der Waals surface area contributed by atoms with Gasteiger partial charge >= 0.3 is 10.4 Å². The lowest BCUT2D eigenvalue weighted by Crippen LogP contribution is -2.38. The maximum Gasteiger partial charge on any atom is 0.394 e. The highest BCUT2D eigenvalue weighted by Gasteiger charge is 2.04. The van der Waals surface area contributed by atoms with E-state index in [9.17, 15) is 0 Å². The highest BCUT2D eigenvalue weighted by molar-refractivity contribution is 7.79. The zero-order valence-electron chi connectivity index (χ0n) is 11.1. The molecule has 7 heteroatoms. The molecule has 0 spiro atoms. The fraction of sp³-hybridized carbons (Fsp3) is 0.500. The van der Waals surface area contributed by atoms with Crippen molar-refractivity contribution in [1.82, 2.24) is 5.32 Å². The molecule has 1 heterocycles. The third-order valence-electron chi connectivity index (χ3n) is 2.05. The predicted octanol–water partition coefficient (Wildman–Crippen LogP) is 1.34. The van der Waals surface area contributed by atoms with E-state index < -0.39 is 10.4 Å². The molecule has 0 aliphatic carbocycles. The molecule has 19 heavy (non-hydrogen) atoms. The molecule has 3 N–H and O–H groups in total. The van der Waals surface area contributed by atoms with Crippen molar-refractivity contribution in [1.29, 1.82) is 0 Å². The molecule has 110 valence electrons. The topological polar surface area (TPSA) is 95.9 Å². The summed E-state index contributed by atoms with van der Waals surface area (Å²) in [5, 5.41) is 3.26. The Morgan fingerprint density at radius 1 is 1.26 bits per heavy atom. The van der Waals surface area contributed by atoms with Crippen LogP contribution in [0.15, 0.2) is 30.3 Å². The van der Waals surface area contributed by atoms with Gasteiger partial charge in [0.2, 0.25) is 0 Å². The second-order valence-corrected chi connectivity index (χ2v) is 4.93. The van der Waals surface area contributed by atoms with Crippen LogP contribution < -0.4 is 5.32 Å². The Morgan fingerprint density at radius 2 is 1.79 bits per heavy atom. The van der Waals surface area contributed by atoms with Gasteiger partial charge in [-0.3, -0.25) is 9.11 Å². The minimum atomic E-state index is -4.67. The van der Waals surface area contributed by atoms with Crippen molar-refractivity contribution >= 4 is 10.4 Å². The number of benzene rings is 1. The molecular formula is C12H21NO5S. The summed E-state index contributed by atoms with van der Waals surface area (Å²) in [6, 6.07) is 10.8. The first kappa shape index (κ1) is 18.0. The first-order chi connectivity index (χ1) is 8.79. The number of morpholine rings is 1. The average Bonchev–Trinajstić information content (AvgIpc) is 2.29. The van der Waals surface area contributed by atoms with Crippen molar-refractivity contribution in [2.45, 2.75) is 19.9 Å². The Balaban J connectivity index is 0.000000261. The van der Waals surface area contributed by atoms with Gasteiger partial charge in [0.25, 0.3) is 0 Å². The molecule has 1 saturated heterocycles. The van der Waals surface area contributed by atoms with Crippen molar-refractivity contribution in [2.24, 2.45) is 0 Å². The Hall–Kier alpha value is -0.990. The Kier molecular flexibility index (Phi) is 9.36. The summed E-state index contributed by atoms with van der Waals surface area (Å²) in [7, 11) is -4.67. The van der Waals surface area contributed by atoms with E-state index in [0.717, 1.165) is 19.8 Å². The predicted molar refractivity (Wildman–Crippen MR) is 73.6 cm³/mol. The van der Waals surface area contributed by atoms with Crippen LogP contribution in [-0.4, -0.2) is 43.3 Å². The van der Waals surface area contributed by atoms with Crippen molar-refractivity contribution in [3.8, 4) is 0 Å². The van der Waals surface area contributed by atoms with E-state index in [2.05, 4.69) is 31.3 Å². The van der Waals surface area contributed by atoms with Gasteiger partial charge in [0, 0.05) is 12.6 Å². The number of rotatable bonds is 0. The standard InChI is InChI=1S/C7H8.C5H11NO.H2O4S/c1-7-5-3-2-4-6-7;1-5-4-7-3-2-6-5;1-5(2,3)4/h2-6H,1H3;5-6H,2-4H2,1H3;(H2,1,2,3,4)/t;5-;/m.0./s1. The molecule has 0 amide bonds. The van der Waals surface area contributed by atoms with Crippen molar-refractivity contribution in [3.05, 3.63) is 35.9 Å². The lowest BCUT2D eigenvalue weighted by atomic mass is 10.2. The van der Waals surface area contributed by atoms with Gasteiger partial charge in [0.05, 0.1) is 13.2 Å². The number of nitrogens with one attached hydrogen (secondary N) is 1. The third-order valence-corrected chi connectivity index (χ3v) is 2.05. The first-order valence-electron chi connectivity index (χ1n) is 5.81. The molecule has 0 radical (unpaired) electrons. The smallest absolute Gasteiger partial charge is 0.379 e. The van der Waals surface area contributed by atoms with Gasteiger partial charge in [-0.15, -0.1) is 0 Å². The Bertz CT molecular complexity index is 407. The monoisotopic (exact) mass is 291 g/mol. The van der Waals surface area contributed by atoms with Gasteiger partial charge in [-0.1, -0.05) is 35.9 Å². The molecule has 1 fully saturated rings. The van der Waals surface area contributed by atoms with E-state index in [-0.39, 0.29) is 0 Å². The summed E-state index contributed by atoms with van der Waals surface area (Å²) in [5.41, 5.74) is 1.32. The Labute approximate surface area is 114 Å². The highest BCUT2D eigenvalue weighted by atomic mass is 32.3. The van der Waals surface area contributed by atoms with Crippen LogP contribution in [0, 0.1) is 6.92 Å². The van der Waals surface area contributed by atoms with Crippen LogP contribution >= 0.6 is 0 Å². The molecule has 1 atom stereocenters. The summed E-state index contributed by atoms with van der Waals surface area (Å²) < 4.78 is 36.7. The summed E-state index contributed by atoms with van der Waals surface area (Å²) in [6.45, 7) is 6.98. The summed E-state index contributed by atoms with van der Waals surface area (Å²) in [5.74, 6) is 0. The number of aryl methyl sites for hydroxylation is 1. The van der Waals surface area contributed by atoms with Gasteiger partial charge in [-0.2, -0.15) is 8.42 Å². The van der Waals surface area contributed by atoms with Crippen LogP contribution in [0.4, 0.5) is 0 Å². The molecule has 0 unspecified atom stereocenters. The minimum Gasteiger partial charge on any atom is -0.379 e. The normalized spacial score (nSPS) is 18.4. The molecule has 1 aliphatic heterocycles. The molecule has 0 saturated carbocycles. The molecule has 6 nitrogen and oxygen atoms in total. The van der Waals surface area contributed by atoms with E-state index >= 15 is 0 Å². The Morgan fingerprint density at radius 3 is 2.00 bits per heavy atom. The molecular weight excluding hydrogens is 270 g/mol. The van der Waals surface area contributed by atoms with Crippen LogP contribution in [0.2, 0.25) is 0 Å². The van der Waals surface area contributed by atoms with Gasteiger partial charge in [0.1, 0.15) is 0 Å². The summed E-state index contributed by atoms with van der Waals surface area (Å²) in [4.78, 5) is 0. The first-order valence-corrected chi connectivity index (χ1v) is 7.21. The van der Waals surface area contributed by atoms with Crippen LogP contribution in [0.3, 0.4) is 0 Å². The van der Waals surface area contributed by atoms with E-state index in [4.69, 9.17) is 22.3 Å². The van der Waals surface area contributed by atoms with Crippen LogP contribution in [0.1, 0.15) is 12.5 Å². The maximum atomic E-state index is 8.74. The molecule has 1 aliphatic rings. The molecule has 0 bridgehead atoms. The minimum absolute atomic E-state index is 0.564. The summed E-state index contributed by atoms with van der Waals surface area (Å²) in [6.07, 6.45) is 0. The van der Waals surface area contributed by atoms with E-state index in [0.29, 0.717) is 6.04 Å². The zero-order valence-corrected chi connectivity index (χ0v) is 11.9. The van der Waals surface area contributed by atoms with Crippen molar-refractivity contribution in [3.63, 3.8) is 0 Å². The van der Waals surface area contributed by atoms with Gasteiger partial charge in [0.15, 0.2) is 0 Å². The van der Waals surface area contributed by atoms with Crippen LogP contribution in [-0.2, 0) is 15.1 Å². The molecule has 1 aromatic carbocycles. The lowest BCUT2D eigenvalue weighted by molar-refractivity contribution is 0.0824. The van der Waals surface area contributed by atoms with Crippen LogP contribution in [0.5, 0.6) is 0 Å². The average molecular weight is 291 g/mol. The molecule has 1 aromatic rings. The van der Waals surface area contributed by atoms with Crippen LogP contribution in [0.25, 0.3) is 0 Å². The second-order valence-electron chi connectivity index (χ2n) is 4.03. The largest absolute Gasteiger partial charge is 0.394 e. The molecule has 2 rings (SSSR count). The van der Waals surface area contributed by atoms with Gasteiger partial charge in [-0.05, 0) is 13.8 Å². The van der Waals surface area contributed by atoms with Crippen molar-refractivity contribution in [2.75, 3.05) is 19.8 Å². The fourth-order valence-corrected chi connectivity index (χ4v) is 1.23. The number of hydrogen-bond acceptors (Lipinski definition) is 4. The van der Waals surface area contributed by atoms with Gasteiger partial charge < -0.3 is 10.1 Å². The zero-order chi connectivity index (χ0) is 14.7. The van der Waals surface area contributed by atoms with E-state index in [1.54, 1.807) is 0 Å². The van der Waals surface area contributed by atoms with Gasteiger partial charge in [-0.25, -0.2) is 0 Å². The van der Waals surface area contributed by atoms with Crippen molar-refractivity contribution < 1.29 is 22.3 Å². The quantitative estimate of drug-likeness (QED) is 0.624. The van der Waals surface area contributed by atoms with E-state index in [1.807, 2.05) is 18.2 Å².